The fourth-order valence-corrected chi connectivity index (χ4v) is 4.06. The van der Waals surface area contributed by atoms with Gasteiger partial charge in [-0.3, -0.25) is 14.5 Å². The van der Waals surface area contributed by atoms with Crippen LogP contribution in [0.15, 0.2) is 78.4 Å². The van der Waals surface area contributed by atoms with E-state index in [0.29, 0.717) is 27.6 Å². The summed E-state index contributed by atoms with van der Waals surface area (Å²) in [6.07, 6.45) is -0.0805. The van der Waals surface area contributed by atoms with Crippen molar-refractivity contribution in [1.82, 2.24) is 0 Å². The van der Waals surface area contributed by atoms with Crippen LogP contribution in [0.3, 0.4) is 0 Å². The first kappa shape index (κ1) is 22.4. The number of aromatic hydroxyl groups is 1. The number of benzene rings is 3. The number of carbonyl (C=O) groups is 2. The fourth-order valence-electron chi connectivity index (χ4n) is 3.88. The van der Waals surface area contributed by atoms with E-state index in [1.165, 1.54) is 17.0 Å². The van der Waals surface area contributed by atoms with E-state index in [2.05, 4.69) is 0 Å². The monoisotopic (exact) mass is 463 g/mol. The van der Waals surface area contributed by atoms with Gasteiger partial charge in [-0.1, -0.05) is 41.9 Å². The Hall–Kier alpha value is -3.77. The summed E-state index contributed by atoms with van der Waals surface area (Å²) in [6.45, 7) is 3.76. The van der Waals surface area contributed by atoms with Crippen molar-refractivity contribution in [3.8, 4) is 11.5 Å². The molecule has 1 saturated heterocycles. The van der Waals surface area contributed by atoms with E-state index in [0.717, 1.165) is 0 Å². The van der Waals surface area contributed by atoms with Gasteiger partial charge in [-0.05, 0) is 61.9 Å². The van der Waals surface area contributed by atoms with Crippen molar-refractivity contribution < 1.29 is 24.5 Å². The summed E-state index contributed by atoms with van der Waals surface area (Å²) in [5.41, 5.74) is 1.11. The van der Waals surface area contributed by atoms with Crippen LogP contribution in [0.1, 0.15) is 31.0 Å². The Morgan fingerprint density at radius 1 is 1.00 bits per heavy atom. The van der Waals surface area contributed by atoms with E-state index < -0.39 is 17.7 Å². The lowest BCUT2D eigenvalue weighted by Gasteiger charge is -2.25. The molecule has 6 nitrogen and oxygen atoms in total. The highest BCUT2D eigenvalue weighted by Crippen LogP contribution is 2.43. The topological polar surface area (TPSA) is 87.1 Å². The Morgan fingerprint density at radius 3 is 2.42 bits per heavy atom. The number of halogens is 1. The molecule has 1 aliphatic rings. The number of hydrogen-bond donors (Lipinski definition) is 2. The average Bonchev–Trinajstić information content (AvgIpc) is 3.04. The van der Waals surface area contributed by atoms with Crippen LogP contribution in [0, 0.1) is 0 Å². The number of aliphatic hydroxyl groups excluding tert-OH is 1. The molecule has 2 N–H and O–H groups in total. The molecule has 1 fully saturated rings. The minimum atomic E-state index is -0.967. The van der Waals surface area contributed by atoms with E-state index in [4.69, 9.17) is 16.3 Å². The Balaban J connectivity index is 1.92. The lowest BCUT2D eigenvalue weighted by atomic mass is 9.95. The molecular weight excluding hydrogens is 442 g/mol. The first-order chi connectivity index (χ1) is 15.8. The quantitative estimate of drug-likeness (QED) is 0.298. The number of Topliss-reactive ketones (excluding diaryl/α,β-unsaturated/α-hetero) is 1. The lowest BCUT2D eigenvalue weighted by Crippen LogP contribution is -2.29. The van der Waals surface area contributed by atoms with Crippen molar-refractivity contribution in [2.24, 2.45) is 0 Å². The maximum absolute atomic E-state index is 13.2. The number of phenolic OH excluding ortho intramolecular Hbond substituents is 1. The van der Waals surface area contributed by atoms with Gasteiger partial charge in [0.05, 0.1) is 17.7 Å². The van der Waals surface area contributed by atoms with Crippen LogP contribution in [0.4, 0.5) is 5.69 Å². The van der Waals surface area contributed by atoms with Gasteiger partial charge in [-0.25, -0.2) is 0 Å². The van der Waals surface area contributed by atoms with Gasteiger partial charge >= 0.3 is 0 Å². The second-order valence-electron chi connectivity index (χ2n) is 7.94. The van der Waals surface area contributed by atoms with Gasteiger partial charge in [0.15, 0.2) is 0 Å². The van der Waals surface area contributed by atoms with Gasteiger partial charge in [0, 0.05) is 16.3 Å². The first-order valence-corrected chi connectivity index (χ1v) is 10.8. The van der Waals surface area contributed by atoms with Crippen molar-refractivity contribution in [1.29, 1.82) is 0 Å². The number of ketones is 1. The van der Waals surface area contributed by atoms with Crippen LogP contribution >= 0.6 is 11.6 Å². The number of carbonyl (C=O) groups excluding carboxylic acids is 2. The van der Waals surface area contributed by atoms with Crippen molar-refractivity contribution in [2.75, 3.05) is 4.90 Å². The predicted molar refractivity (Wildman–Crippen MR) is 127 cm³/mol. The van der Waals surface area contributed by atoms with Gasteiger partial charge in [0.2, 0.25) is 0 Å². The molecule has 168 valence electrons. The average molecular weight is 464 g/mol. The van der Waals surface area contributed by atoms with Gasteiger partial charge < -0.3 is 14.9 Å². The number of rotatable bonds is 5. The number of amides is 1. The second kappa shape index (κ2) is 9.00. The maximum Gasteiger partial charge on any atom is 0.300 e. The zero-order chi connectivity index (χ0) is 23.7. The summed E-state index contributed by atoms with van der Waals surface area (Å²) in [4.78, 5) is 27.6. The largest absolute Gasteiger partial charge is 0.508 e. The summed E-state index contributed by atoms with van der Waals surface area (Å²) in [6, 6.07) is 18.5. The molecule has 0 aliphatic carbocycles. The van der Waals surface area contributed by atoms with Crippen molar-refractivity contribution in [3.05, 3.63) is 94.5 Å². The number of hydrogen-bond acceptors (Lipinski definition) is 5. The van der Waals surface area contributed by atoms with Crippen LogP contribution in [-0.2, 0) is 9.59 Å². The molecule has 3 aromatic rings. The van der Waals surface area contributed by atoms with Crippen molar-refractivity contribution in [3.63, 3.8) is 0 Å². The molecule has 0 radical (unpaired) electrons. The minimum Gasteiger partial charge on any atom is -0.508 e. The third-order valence-corrected chi connectivity index (χ3v) is 5.43. The molecule has 33 heavy (non-hydrogen) atoms. The van der Waals surface area contributed by atoms with Crippen LogP contribution in [0.5, 0.6) is 11.5 Å². The van der Waals surface area contributed by atoms with E-state index >= 15 is 0 Å². The lowest BCUT2D eigenvalue weighted by molar-refractivity contribution is -0.132. The van der Waals surface area contributed by atoms with E-state index in [1.807, 2.05) is 13.8 Å². The van der Waals surface area contributed by atoms with E-state index in [1.54, 1.807) is 60.7 Å². The molecule has 0 bridgehead atoms. The number of ether oxygens (including phenoxy) is 1. The van der Waals surface area contributed by atoms with Crippen LogP contribution in [0.2, 0.25) is 5.02 Å². The van der Waals surface area contributed by atoms with Gasteiger partial charge in [0.25, 0.3) is 11.7 Å². The van der Waals surface area contributed by atoms with Crippen LogP contribution < -0.4 is 9.64 Å². The summed E-state index contributed by atoms with van der Waals surface area (Å²) in [5, 5.41) is 21.7. The molecule has 7 heteroatoms. The Bertz CT molecular complexity index is 1270. The smallest absolute Gasteiger partial charge is 0.300 e. The molecular formula is C26H22ClNO5. The molecule has 4 rings (SSSR count). The van der Waals surface area contributed by atoms with Gasteiger partial charge in [-0.15, -0.1) is 0 Å². The third kappa shape index (κ3) is 4.43. The van der Waals surface area contributed by atoms with E-state index in [-0.39, 0.29) is 23.2 Å². The SMILES string of the molecule is CC(C)Oc1cccc(/C(O)=C2\C(=O)C(=O)N(c3cccc(Cl)c3)C2c2cccc(O)c2)c1. The van der Waals surface area contributed by atoms with Crippen molar-refractivity contribution in [2.45, 2.75) is 26.0 Å². The maximum atomic E-state index is 13.2. The molecule has 0 saturated carbocycles. The second-order valence-corrected chi connectivity index (χ2v) is 8.37. The number of anilines is 1. The van der Waals surface area contributed by atoms with Crippen LogP contribution in [-0.4, -0.2) is 28.0 Å². The molecule has 0 aromatic heterocycles. The number of phenols is 1. The van der Waals surface area contributed by atoms with Crippen LogP contribution in [0.25, 0.3) is 5.76 Å². The number of nitrogens with zero attached hydrogens (tertiary/aromatic N) is 1. The summed E-state index contributed by atoms with van der Waals surface area (Å²) < 4.78 is 5.70. The van der Waals surface area contributed by atoms with Gasteiger partial charge in [0.1, 0.15) is 17.3 Å². The molecule has 1 aliphatic heterocycles. The standard InChI is InChI=1S/C26H22ClNO5/c1-15(2)33-21-11-4-7-17(13-21)24(30)22-23(16-6-3-10-20(29)12-16)28(26(32)25(22)31)19-9-5-8-18(27)14-19/h3-15,23,29-30H,1-2H3/b24-22+. The van der Waals surface area contributed by atoms with Crippen molar-refractivity contribution >= 4 is 34.7 Å². The molecule has 1 heterocycles. The van der Waals surface area contributed by atoms with Gasteiger partial charge in [-0.2, -0.15) is 0 Å². The van der Waals surface area contributed by atoms with E-state index in [9.17, 15) is 19.8 Å². The highest BCUT2D eigenvalue weighted by molar-refractivity contribution is 6.51. The first-order valence-electron chi connectivity index (χ1n) is 10.4. The summed E-state index contributed by atoms with van der Waals surface area (Å²) in [7, 11) is 0. The molecule has 1 amide bonds. The predicted octanol–water partition coefficient (Wildman–Crippen LogP) is 5.46. The Kier molecular flexibility index (Phi) is 6.11. The number of aliphatic hydroxyl groups is 1. The zero-order valence-electron chi connectivity index (χ0n) is 18.0. The molecule has 3 aromatic carbocycles. The fraction of sp³-hybridized carbons (Fsp3) is 0.154. The highest BCUT2D eigenvalue weighted by atomic mass is 35.5. The Labute approximate surface area is 196 Å². The minimum absolute atomic E-state index is 0.0310. The molecule has 0 spiro atoms. The zero-order valence-corrected chi connectivity index (χ0v) is 18.8. The highest BCUT2D eigenvalue weighted by Gasteiger charge is 2.47. The Morgan fingerprint density at radius 2 is 1.73 bits per heavy atom. The molecule has 1 atom stereocenters. The molecule has 1 unspecified atom stereocenters. The normalized spacial score (nSPS) is 17.6. The summed E-state index contributed by atoms with van der Waals surface area (Å²) in [5.74, 6) is -1.48. The third-order valence-electron chi connectivity index (χ3n) is 5.20. The summed E-state index contributed by atoms with van der Waals surface area (Å²) >= 11 is 6.14.